The van der Waals surface area contributed by atoms with Gasteiger partial charge in [0.1, 0.15) is 17.3 Å². The number of rotatable bonds is 6. The number of carbonyl (C=O) groups is 2. The van der Waals surface area contributed by atoms with E-state index in [1.54, 1.807) is 24.4 Å². The van der Waals surface area contributed by atoms with Gasteiger partial charge in [0.25, 0.3) is 7.37 Å². The minimum absolute atomic E-state index is 0.0172. The number of hydrogen-bond donors (Lipinski definition) is 1. The van der Waals surface area contributed by atoms with Crippen LogP contribution in [-0.4, -0.2) is 61.6 Å². The Morgan fingerprint density at radius 2 is 1.89 bits per heavy atom. The Hall–Kier alpha value is -3.72. The van der Waals surface area contributed by atoms with Crippen LogP contribution in [0.4, 0.5) is 25.0 Å². The fourth-order valence-electron chi connectivity index (χ4n) is 4.52. The summed E-state index contributed by atoms with van der Waals surface area (Å²) in [6.07, 6.45) is 0.477. The molecule has 1 aromatic heterocycles. The number of anilines is 2. The second-order valence-electron chi connectivity index (χ2n) is 8.98. The van der Waals surface area contributed by atoms with Gasteiger partial charge in [-0.1, -0.05) is 18.2 Å². The molecule has 2 aliphatic heterocycles. The predicted molar refractivity (Wildman–Crippen MR) is 135 cm³/mol. The lowest BCUT2D eigenvalue weighted by Crippen LogP contribution is -2.37. The van der Waals surface area contributed by atoms with E-state index in [0.717, 1.165) is 22.4 Å². The highest BCUT2D eigenvalue weighted by molar-refractivity contribution is 7.59. The van der Waals surface area contributed by atoms with Gasteiger partial charge in [-0.05, 0) is 12.1 Å². The van der Waals surface area contributed by atoms with Crippen molar-refractivity contribution in [3.63, 3.8) is 0 Å². The Morgan fingerprint density at radius 1 is 1.19 bits per heavy atom. The number of fused-ring (bicyclic) bond motifs is 1. The number of cyclic esters (lactones) is 1. The van der Waals surface area contributed by atoms with Gasteiger partial charge in [0, 0.05) is 43.7 Å². The van der Waals surface area contributed by atoms with E-state index in [0.29, 0.717) is 11.3 Å². The summed E-state index contributed by atoms with van der Waals surface area (Å²) in [5, 5.41) is 3.41. The van der Waals surface area contributed by atoms with E-state index in [1.165, 1.54) is 11.8 Å². The minimum atomic E-state index is -3.11. The third kappa shape index (κ3) is 5.22. The highest BCUT2D eigenvalue weighted by atomic mass is 31.2. The summed E-state index contributed by atoms with van der Waals surface area (Å²) >= 11 is 0. The molecule has 0 radical (unpaired) electrons. The molecule has 5 rings (SSSR count). The van der Waals surface area contributed by atoms with Crippen molar-refractivity contribution >= 4 is 41.6 Å². The molecule has 3 aromatic rings. The molecule has 0 aliphatic carbocycles. The molecule has 37 heavy (non-hydrogen) atoms. The average Bonchev–Trinajstić information content (AvgIpc) is 3.24. The van der Waals surface area contributed by atoms with Gasteiger partial charge in [0.15, 0.2) is 17.4 Å². The first-order chi connectivity index (χ1) is 17.7. The zero-order valence-electron chi connectivity index (χ0n) is 20.0. The fourth-order valence-corrected chi connectivity index (χ4v) is 6.52. The van der Waals surface area contributed by atoms with Gasteiger partial charge in [0.2, 0.25) is 5.91 Å². The average molecular weight is 530 g/mol. The molecule has 0 bridgehead atoms. The van der Waals surface area contributed by atoms with Crippen LogP contribution in [0.3, 0.4) is 0 Å². The summed E-state index contributed by atoms with van der Waals surface area (Å²) in [7, 11) is -3.11. The second kappa shape index (κ2) is 9.97. The number of halogens is 2. The molecular weight excluding hydrogens is 505 g/mol. The zero-order chi connectivity index (χ0) is 26.2. The molecule has 9 nitrogen and oxygen atoms in total. The maximum atomic E-state index is 15.1. The first-order valence-corrected chi connectivity index (χ1v) is 13.8. The lowest BCUT2D eigenvalue weighted by Gasteiger charge is -2.34. The van der Waals surface area contributed by atoms with Gasteiger partial charge in [-0.2, -0.15) is 0 Å². The number of hydrogen-bond acceptors (Lipinski definition) is 7. The molecule has 12 heteroatoms. The van der Waals surface area contributed by atoms with Gasteiger partial charge in [-0.3, -0.25) is 19.2 Å². The van der Waals surface area contributed by atoms with Crippen LogP contribution in [0.2, 0.25) is 0 Å². The molecule has 2 fully saturated rings. The number of pyridine rings is 1. The molecular formula is C25H25F2N4O5P. The smallest absolute Gasteiger partial charge is 0.414 e. The van der Waals surface area contributed by atoms with E-state index >= 15 is 8.78 Å². The van der Waals surface area contributed by atoms with Crippen LogP contribution < -0.4 is 19.6 Å². The van der Waals surface area contributed by atoms with Gasteiger partial charge in [-0.15, -0.1) is 0 Å². The number of ether oxygens (including phenoxy) is 1. The van der Waals surface area contributed by atoms with Gasteiger partial charge >= 0.3 is 6.09 Å². The summed E-state index contributed by atoms with van der Waals surface area (Å²) in [4.78, 5) is 30.3. The second-order valence-corrected chi connectivity index (χ2v) is 11.7. The lowest BCUT2D eigenvalue weighted by molar-refractivity contribution is -0.119. The fraction of sp³-hybridized carbons (Fsp3) is 0.320. The number of nitrogens with zero attached hydrogens (tertiary/aromatic N) is 3. The number of nitrogens with one attached hydrogen (secondary N) is 1. The summed E-state index contributed by atoms with van der Waals surface area (Å²) in [6.45, 7) is 1.75. The van der Waals surface area contributed by atoms with Gasteiger partial charge < -0.3 is 19.5 Å². The third-order valence-corrected chi connectivity index (χ3v) is 8.66. The van der Waals surface area contributed by atoms with E-state index < -0.39 is 31.2 Å². The molecule has 2 aliphatic rings. The van der Waals surface area contributed by atoms with Gasteiger partial charge in [0.05, 0.1) is 31.1 Å². The minimum Gasteiger partial charge on any atom is -0.442 e. The molecule has 1 N–H and O–H groups in total. The molecule has 2 amide bonds. The number of para-hydroxylation sites is 1. The Kier molecular flexibility index (Phi) is 6.72. The molecule has 0 unspecified atom stereocenters. The normalized spacial score (nSPS) is 19.1. The summed E-state index contributed by atoms with van der Waals surface area (Å²) in [5.74, 6) is -1.54. The molecule has 0 saturated carbocycles. The highest BCUT2D eigenvalue weighted by Gasteiger charge is 2.36. The lowest BCUT2D eigenvalue weighted by atomic mass is 10.2. The van der Waals surface area contributed by atoms with Crippen molar-refractivity contribution in [3.8, 4) is 5.75 Å². The summed E-state index contributed by atoms with van der Waals surface area (Å²) in [6, 6.07) is 11.2. The van der Waals surface area contributed by atoms with Crippen LogP contribution in [0.15, 0.2) is 48.7 Å². The zero-order valence-corrected chi connectivity index (χ0v) is 20.9. The van der Waals surface area contributed by atoms with Crippen molar-refractivity contribution in [2.75, 3.05) is 48.3 Å². The largest absolute Gasteiger partial charge is 0.442 e. The number of amides is 2. The Balaban J connectivity index is 1.27. The first kappa shape index (κ1) is 25.0. The van der Waals surface area contributed by atoms with Crippen LogP contribution in [0.1, 0.15) is 6.92 Å². The van der Waals surface area contributed by atoms with E-state index in [4.69, 9.17) is 9.26 Å². The highest BCUT2D eigenvalue weighted by Crippen LogP contribution is 2.50. The van der Waals surface area contributed by atoms with E-state index in [1.807, 2.05) is 12.1 Å². The maximum absolute atomic E-state index is 15.1. The van der Waals surface area contributed by atoms with E-state index in [9.17, 15) is 14.2 Å². The van der Waals surface area contributed by atoms with Crippen LogP contribution in [0, 0.1) is 11.6 Å². The van der Waals surface area contributed by atoms with Crippen molar-refractivity contribution < 1.29 is 32.2 Å². The molecule has 1 atom stereocenters. The third-order valence-electron chi connectivity index (χ3n) is 6.36. The topological polar surface area (TPSA) is 101 Å². The monoisotopic (exact) mass is 530 g/mol. The maximum Gasteiger partial charge on any atom is 0.414 e. The van der Waals surface area contributed by atoms with E-state index in [2.05, 4.69) is 10.3 Å². The Bertz CT molecular complexity index is 1380. The van der Waals surface area contributed by atoms with Crippen molar-refractivity contribution in [2.45, 2.75) is 13.0 Å². The molecule has 2 saturated heterocycles. The van der Waals surface area contributed by atoms with Crippen LogP contribution in [0.5, 0.6) is 5.75 Å². The Labute approximate surface area is 211 Å². The number of benzene rings is 2. The number of aromatic nitrogens is 1. The molecule has 194 valence electrons. The summed E-state index contributed by atoms with van der Waals surface area (Å²) in [5.41, 5.74) is 0.378. The first-order valence-electron chi connectivity index (χ1n) is 11.8. The number of carbonyl (C=O) groups excluding carboxylic acids is 2. The van der Waals surface area contributed by atoms with Crippen molar-refractivity contribution in [3.05, 3.63) is 60.3 Å². The van der Waals surface area contributed by atoms with Crippen LogP contribution in [-0.2, 0) is 14.1 Å². The van der Waals surface area contributed by atoms with Crippen molar-refractivity contribution in [1.29, 1.82) is 0 Å². The molecule has 2 aromatic carbocycles. The molecule has 0 spiro atoms. The van der Waals surface area contributed by atoms with Gasteiger partial charge in [-0.25, -0.2) is 13.6 Å². The Morgan fingerprint density at radius 3 is 2.59 bits per heavy atom. The van der Waals surface area contributed by atoms with Crippen molar-refractivity contribution in [1.82, 2.24) is 10.3 Å². The van der Waals surface area contributed by atoms with Crippen LogP contribution in [0.25, 0.3) is 10.9 Å². The molecule has 3 heterocycles. The predicted octanol–water partition coefficient (Wildman–Crippen LogP) is 4.15. The standard InChI is InChI=1S/C25H25F2N4O5P/c1-16(32)29-14-19-15-31(25(33)35-19)18-12-20(26)24(21(27)13-18)30-8-10-37(34,11-9-30)36-22-6-2-4-17-5-3-7-28-23(17)22/h2-7,12-13,19H,8-11,14-15H2,1H3,(H,29,32)/t19-/m0/s1. The van der Waals surface area contributed by atoms with Crippen molar-refractivity contribution in [2.24, 2.45) is 0 Å². The van der Waals surface area contributed by atoms with Crippen LogP contribution >= 0.6 is 7.37 Å². The van der Waals surface area contributed by atoms with E-state index in [-0.39, 0.29) is 55.8 Å². The summed E-state index contributed by atoms with van der Waals surface area (Å²) < 4.78 is 54.8. The quantitative estimate of drug-likeness (QED) is 0.478. The SMILES string of the molecule is CC(=O)NC[C@H]1CN(c2cc(F)c(N3CCP(=O)(Oc4cccc5cccnc45)CC3)c(F)c2)C(=O)O1.